The van der Waals surface area contributed by atoms with Crippen LogP contribution < -0.4 is 0 Å². The Morgan fingerprint density at radius 1 is 0.667 bits per heavy atom. The van der Waals surface area contributed by atoms with Crippen molar-refractivity contribution in [2.45, 2.75) is 26.2 Å². The molecule has 0 radical (unpaired) electrons. The van der Waals surface area contributed by atoms with E-state index in [0.717, 1.165) is 0 Å². The molecule has 0 aliphatic carbocycles. The van der Waals surface area contributed by atoms with Gasteiger partial charge in [-0.05, 0) is 0 Å². The van der Waals surface area contributed by atoms with E-state index in [4.69, 9.17) is 0 Å². The molecule has 0 heterocycles. The summed E-state index contributed by atoms with van der Waals surface area (Å²) >= 11 is 0. The summed E-state index contributed by atoms with van der Waals surface area (Å²) in [6.45, 7) is 9.06. The maximum Gasteiger partial charge on any atom is 0.0135 e. The van der Waals surface area contributed by atoms with Crippen LogP contribution >= 0.6 is 0 Å². The Morgan fingerprint density at radius 2 is 0.667 bits per heavy atom. The molecule has 0 aromatic heterocycles. The van der Waals surface area contributed by atoms with Crippen LogP contribution in [-0.2, 0) is 0 Å². The second kappa shape index (κ2) is 18.0. The summed E-state index contributed by atoms with van der Waals surface area (Å²) in [5.74, 6) is 0. The van der Waals surface area contributed by atoms with E-state index in [2.05, 4.69) is 26.2 Å². The fourth-order valence-corrected chi connectivity index (χ4v) is 0. The molecule has 0 aliphatic rings. The number of hydrogen-bond acceptors (Lipinski definition) is 0. The van der Waals surface area contributed by atoms with Crippen molar-refractivity contribution in [1.82, 2.24) is 0 Å². The Hall–Kier alpha value is 0.434. The first kappa shape index (κ1) is 9.66. The highest BCUT2D eigenvalue weighted by Crippen LogP contribution is 1.37. The molecule has 0 atom stereocenters. The van der Waals surface area contributed by atoms with Gasteiger partial charge in [0.1, 0.15) is 0 Å². The van der Waals surface area contributed by atoms with E-state index in [1.54, 1.807) is 0 Å². The molecule has 0 unspecified atom stereocenters. The van der Waals surface area contributed by atoms with Gasteiger partial charge in [-0.1, -0.05) is 26.2 Å². The van der Waals surface area contributed by atoms with Crippen molar-refractivity contribution in [2.24, 2.45) is 0 Å². The van der Waals surface area contributed by atoms with Gasteiger partial charge in [0.2, 0.25) is 0 Å². The molecule has 0 aliphatic heterocycles. The topological polar surface area (TPSA) is 0 Å². The van der Waals surface area contributed by atoms with Crippen molar-refractivity contribution in [1.29, 1.82) is 0 Å². The van der Waals surface area contributed by atoms with E-state index in [1.165, 1.54) is 0 Å². The van der Waals surface area contributed by atoms with Gasteiger partial charge in [0.05, 0.1) is 0 Å². The van der Waals surface area contributed by atoms with Crippen LogP contribution in [0.1, 0.15) is 0 Å². The Morgan fingerprint density at radius 3 is 0.667 bits per heavy atom. The number of hydrogen-bond donors (Lipinski definition) is 0. The molecule has 6 heavy (non-hydrogen) atoms. The summed E-state index contributed by atoms with van der Waals surface area (Å²) in [4.78, 5) is 0. The van der Waals surface area contributed by atoms with Crippen LogP contribution in [0.4, 0.5) is 0 Å². The first-order valence-electron chi connectivity index (χ1n) is 2.83. The van der Waals surface area contributed by atoms with Gasteiger partial charge in [-0.3, -0.25) is 0 Å². The van der Waals surface area contributed by atoms with Crippen molar-refractivity contribution < 1.29 is 0 Å². The van der Waals surface area contributed by atoms with Crippen LogP contribution in [0.2, 0.25) is 26.2 Å². The zero-order valence-electron chi connectivity index (χ0n) is 5.41. The standard InChI is InChI=1S/2C2H8Si/c2*1-3-2/h2*3H2,1-2H3. The lowest BCUT2D eigenvalue weighted by Crippen LogP contribution is -1.53. The van der Waals surface area contributed by atoms with Crippen LogP contribution in [0.3, 0.4) is 0 Å². The Kier molecular flexibility index (Phi) is 29.0. The van der Waals surface area contributed by atoms with Crippen LogP contribution in [0.25, 0.3) is 0 Å². The van der Waals surface area contributed by atoms with E-state index in [1.807, 2.05) is 0 Å². The summed E-state index contributed by atoms with van der Waals surface area (Å²) in [5, 5.41) is 0. The van der Waals surface area contributed by atoms with Gasteiger partial charge in [-0.2, -0.15) is 0 Å². The van der Waals surface area contributed by atoms with E-state index in [9.17, 15) is 0 Å². The average Bonchev–Trinajstić information content (AvgIpc) is 1.39. The molecule has 0 N–H and O–H groups in total. The lowest BCUT2D eigenvalue weighted by molar-refractivity contribution is 2.14. The second-order valence-corrected chi connectivity index (χ2v) is 4.24. The first-order valence-corrected chi connectivity index (χ1v) is 8.49. The molecular weight excluding hydrogens is 104 g/mol. The van der Waals surface area contributed by atoms with Gasteiger partial charge in [0.25, 0.3) is 0 Å². The smallest absolute Gasteiger partial charge is 0.0135 e. The Bertz CT molecular complexity index is 7.51. The maximum absolute atomic E-state index is 2.26. The molecule has 0 saturated carbocycles. The molecule has 0 rings (SSSR count). The van der Waals surface area contributed by atoms with Crippen molar-refractivity contribution in [3.8, 4) is 0 Å². The molecule has 0 fully saturated rings. The molecule has 0 nitrogen and oxygen atoms in total. The largest absolute Gasteiger partial charge is 0.0750 e. The fraction of sp³-hybridized carbons (Fsp3) is 1.00. The number of rotatable bonds is 0. The van der Waals surface area contributed by atoms with Gasteiger partial charge >= 0.3 is 0 Å². The predicted molar refractivity (Wildman–Crippen MR) is 40.5 cm³/mol. The average molecular weight is 120 g/mol. The minimum absolute atomic E-state index is 0.417. The van der Waals surface area contributed by atoms with E-state index < -0.39 is 0 Å². The normalized spacial score (nSPS) is 6.00. The third kappa shape index (κ3) is 278. The molecule has 0 aromatic carbocycles. The lowest BCUT2D eigenvalue weighted by atomic mass is 11.9. The zero-order valence-corrected chi connectivity index (χ0v) is 8.24. The van der Waals surface area contributed by atoms with Crippen LogP contribution in [0.5, 0.6) is 0 Å². The fourth-order valence-electron chi connectivity index (χ4n) is 0. The van der Waals surface area contributed by atoms with Crippen LogP contribution in [0.15, 0.2) is 0 Å². The highest BCUT2D eigenvalue weighted by atomic mass is 28.2. The van der Waals surface area contributed by atoms with E-state index >= 15 is 0 Å². The third-order valence-electron chi connectivity index (χ3n) is 0. The third-order valence-corrected chi connectivity index (χ3v) is 0. The van der Waals surface area contributed by atoms with Gasteiger partial charge in [-0.25, -0.2) is 0 Å². The summed E-state index contributed by atoms with van der Waals surface area (Å²) in [7, 11) is 0.833. The summed E-state index contributed by atoms with van der Waals surface area (Å²) in [6.07, 6.45) is 0. The zero-order chi connectivity index (χ0) is 5.41. The minimum atomic E-state index is 0.417. The van der Waals surface area contributed by atoms with Crippen molar-refractivity contribution in [3.63, 3.8) is 0 Å². The van der Waals surface area contributed by atoms with Gasteiger partial charge < -0.3 is 0 Å². The van der Waals surface area contributed by atoms with E-state index in [0.29, 0.717) is 19.0 Å². The maximum atomic E-state index is 2.26. The predicted octanol–water partition coefficient (Wildman–Crippen LogP) is 0.503. The summed E-state index contributed by atoms with van der Waals surface area (Å²) < 4.78 is 0. The molecule has 0 bridgehead atoms. The SMILES string of the molecule is C[SiH2]C.C[SiH2]C. The highest BCUT2D eigenvalue weighted by Gasteiger charge is 1.39. The lowest BCUT2D eigenvalue weighted by Gasteiger charge is -1.45. The molecule has 2 heteroatoms. The van der Waals surface area contributed by atoms with Crippen molar-refractivity contribution >= 4 is 19.0 Å². The molecule has 0 aromatic rings. The first-order chi connectivity index (χ1) is 2.83. The second-order valence-electron chi connectivity index (χ2n) is 1.41. The molecule has 0 amide bonds. The molecular formula is C4H16Si2. The summed E-state index contributed by atoms with van der Waals surface area (Å²) in [5.41, 5.74) is 0. The summed E-state index contributed by atoms with van der Waals surface area (Å²) in [6, 6.07) is 0. The molecule has 0 saturated heterocycles. The van der Waals surface area contributed by atoms with Gasteiger partial charge in [0.15, 0.2) is 0 Å². The van der Waals surface area contributed by atoms with E-state index in [-0.39, 0.29) is 0 Å². The highest BCUT2D eigenvalue weighted by molar-refractivity contribution is 6.31. The van der Waals surface area contributed by atoms with Crippen molar-refractivity contribution in [3.05, 3.63) is 0 Å². The minimum Gasteiger partial charge on any atom is -0.0750 e. The molecule has 40 valence electrons. The molecule has 0 spiro atoms. The van der Waals surface area contributed by atoms with Crippen LogP contribution in [-0.4, -0.2) is 19.0 Å². The van der Waals surface area contributed by atoms with Gasteiger partial charge in [-0.15, -0.1) is 0 Å². The monoisotopic (exact) mass is 120 g/mol. The van der Waals surface area contributed by atoms with Crippen molar-refractivity contribution in [2.75, 3.05) is 0 Å². The Labute approximate surface area is 46.0 Å². The quantitative estimate of drug-likeness (QED) is 0.409. The van der Waals surface area contributed by atoms with Gasteiger partial charge in [0, 0.05) is 19.0 Å². The van der Waals surface area contributed by atoms with Crippen LogP contribution in [0, 0.1) is 0 Å². The Balaban J connectivity index is 0.